The zero-order chi connectivity index (χ0) is 11.1. The molecular weight excluding hydrogens is 192 g/mol. The van der Waals surface area contributed by atoms with E-state index in [2.05, 4.69) is 17.2 Å². The van der Waals surface area contributed by atoms with Crippen molar-refractivity contribution in [2.45, 2.75) is 45.6 Å². The Balaban J connectivity index is 2.19. The number of carbonyl (C=O) groups is 1. The molecule has 0 fully saturated rings. The number of nitrogens with one attached hydrogen (secondary N) is 1. The van der Waals surface area contributed by atoms with E-state index in [9.17, 15) is 4.79 Å². The number of hydrogen-bond donors (Lipinski definition) is 1. The van der Waals surface area contributed by atoms with Gasteiger partial charge in [-0.1, -0.05) is 19.8 Å². The van der Waals surface area contributed by atoms with Gasteiger partial charge in [-0.15, -0.1) is 0 Å². The lowest BCUT2D eigenvalue weighted by Crippen LogP contribution is -2.44. The highest BCUT2D eigenvalue weighted by molar-refractivity contribution is 5.87. The van der Waals surface area contributed by atoms with Gasteiger partial charge in [-0.2, -0.15) is 0 Å². The molecule has 0 saturated heterocycles. The molecule has 0 aromatic rings. The van der Waals surface area contributed by atoms with E-state index in [4.69, 9.17) is 4.74 Å². The van der Waals surface area contributed by atoms with Crippen molar-refractivity contribution in [3.63, 3.8) is 0 Å². The van der Waals surface area contributed by atoms with Crippen LogP contribution in [0, 0.1) is 0 Å². The minimum Gasteiger partial charge on any atom is -0.464 e. The fraction of sp³-hybridized carbons (Fsp3) is 0.818. The van der Waals surface area contributed by atoms with Gasteiger partial charge in [0.1, 0.15) is 6.04 Å². The van der Waals surface area contributed by atoms with E-state index in [1.807, 2.05) is 6.92 Å². The lowest BCUT2D eigenvalue weighted by molar-refractivity contribution is -0.146. The summed E-state index contributed by atoms with van der Waals surface area (Å²) in [5.41, 5.74) is 0. The molecular formula is C11H20N2O2. The van der Waals surface area contributed by atoms with Crippen molar-refractivity contribution in [1.82, 2.24) is 5.32 Å². The fourth-order valence-electron chi connectivity index (χ4n) is 1.53. The van der Waals surface area contributed by atoms with Crippen molar-refractivity contribution in [1.29, 1.82) is 0 Å². The minimum absolute atomic E-state index is 0.139. The summed E-state index contributed by atoms with van der Waals surface area (Å²) >= 11 is 0. The molecule has 1 N–H and O–H groups in total. The quantitative estimate of drug-likeness (QED) is 0.555. The fourth-order valence-corrected chi connectivity index (χ4v) is 1.53. The Kier molecular flexibility index (Phi) is 5.15. The van der Waals surface area contributed by atoms with Gasteiger partial charge in [-0.3, -0.25) is 4.99 Å². The average molecular weight is 212 g/mol. The van der Waals surface area contributed by atoms with Crippen LogP contribution in [0.25, 0.3) is 0 Å². The van der Waals surface area contributed by atoms with Crippen molar-refractivity contribution < 1.29 is 9.53 Å². The molecule has 0 radical (unpaired) electrons. The first-order valence-corrected chi connectivity index (χ1v) is 5.68. The number of hydrogen-bond acceptors (Lipinski definition) is 4. The van der Waals surface area contributed by atoms with Gasteiger partial charge >= 0.3 is 5.97 Å². The highest BCUT2D eigenvalue weighted by Gasteiger charge is 2.22. The molecule has 1 rings (SSSR count). The van der Waals surface area contributed by atoms with Crippen LogP contribution in [0.4, 0.5) is 0 Å². The Bertz CT molecular complexity index is 239. The predicted molar refractivity (Wildman–Crippen MR) is 60.0 cm³/mol. The van der Waals surface area contributed by atoms with Crippen LogP contribution in [0.2, 0.25) is 0 Å². The molecule has 1 unspecified atom stereocenters. The molecule has 4 nitrogen and oxygen atoms in total. The summed E-state index contributed by atoms with van der Waals surface area (Å²) in [6, 6.07) is -0.191. The molecule has 0 aromatic heterocycles. The number of unbranched alkanes of at least 4 members (excludes halogenated alkanes) is 2. The monoisotopic (exact) mass is 212 g/mol. The van der Waals surface area contributed by atoms with Gasteiger partial charge in [-0.25, -0.2) is 4.79 Å². The largest absolute Gasteiger partial charge is 0.464 e. The van der Waals surface area contributed by atoms with Crippen molar-refractivity contribution in [3.05, 3.63) is 0 Å². The third kappa shape index (κ3) is 4.32. The molecule has 0 aromatic carbocycles. The molecule has 1 aliphatic heterocycles. The number of aliphatic imine (C=N–C) groups is 1. The van der Waals surface area contributed by atoms with Crippen LogP contribution in [-0.2, 0) is 9.53 Å². The molecule has 0 bridgehead atoms. The highest BCUT2D eigenvalue weighted by atomic mass is 16.5. The predicted octanol–water partition coefficient (Wildman–Crippen LogP) is 1.50. The van der Waals surface area contributed by atoms with E-state index in [0.717, 1.165) is 31.5 Å². The summed E-state index contributed by atoms with van der Waals surface area (Å²) < 4.78 is 5.18. The van der Waals surface area contributed by atoms with Gasteiger partial charge in [0.15, 0.2) is 0 Å². The SMILES string of the molecule is CCCCCOC(=O)C1CCN=C(C)N1. The third-order valence-corrected chi connectivity index (χ3v) is 2.43. The van der Waals surface area contributed by atoms with Crippen LogP contribution < -0.4 is 5.32 Å². The Morgan fingerprint density at radius 2 is 2.40 bits per heavy atom. The van der Waals surface area contributed by atoms with Gasteiger partial charge < -0.3 is 10.1 Å². The van der Waals surface area contributed by atoms with Gasteiger partial charge in [0, 0.05) is 6.54 Å². The first-order chi connectivity index (χ1) is 7.24. The van der Waals surface area contributed by atoms with Crippen LogP contribution in [0.3, 0.4) is 0 Å². The average Bonchev–Trinajstić information content (AvgIpc) is 2.24. The second kappa shape index (κ2) is 6.43. The molecule has 0 spiro atoms. The zero-order valence-electron chi connectivity index (χ0n) is 9.58. The zero-order valence-corrected chi connectivity index (χ0v) is 9.58. The van der Waals surface area contributed by atoms with Crippen LogP contribution in [0.1, 0.15) is 39.5 Å². The molecule has 15 heavy (non-hydrogen) atoms. The maximum Gasteiger partial charge on any atom is 0.328 e. The van der Waals surface area contributed by atoms with Gasteiger partial charge in [0.25, 0.3) is 0 Å². The minimum atomic E-state index is -0.191. The van der Waals surface area contributed by atoms with E-state index in [0.29, 0.717) is 13.2 Å². The Morgan fingerprint density at radius 3 is 3.07 bits per heavy atom. The summed E-state index contributed by atoms with van der Waals surface area (Å²) in [7, 11) is 0. The number of nitrogens with zero attached hydrogens (tertiary/aromatic N) is 1. The molecule has 1 heterocycles. The van der Waals surface area contributed by atoms with Crippen LogP contribution in [-0.4, -0.2) is 31.0 Å². The van der Waals surface area contributed by atoms with Crippen LogP contribution in [0.15, 0.2) is 4.99 Å². The summed E-state index contributed by atoms with van der Waals surface area (Å²) in [5.74, 6) is 0.692. The van der Waals surface area contributed by atoms with E-state index in [-0.39, 0.29) is 12.0 Å². The molecule has 4 heteroatoms. The van der Waals surface area contributed by atoms with E-state index >= 15 is 0 Å². The first-order valence-electron chi connectivity index (χ1n) is 5.68. The van der Waals surface area contributed by atoms with Gasteiger partial charge in [-0.05, 0) is 19.8 Å². The number of rotatable bonds is 5. The summed E-state index contributed by atoms with van der Waals surface area (Å²) in [6.07, 6.45) is 3.96. The molecule has 1 aliphatic rings. The smallest absolute Gasteiger partial charge is 0.328 e. The molecule has 0 aliphatic carbocycles. The molecule has 1 atom stereocenters. The molecule has 0 amide bonds. The van der Waals surface area contributed by atoms with Crippen molar-refractivity contribution in [2.75, 3.05) is 13.2 Å². The van der Waals surface area contributed by atoms with Crippen molar-refractivity contribution in [2.24, 2.45) is 4.99 Å². The second-order valence-electron chi connectivity index (χ2n) is 3.83. The normalized spacial score (nSPS) is 20.4. The van der Waals surface area contributed by atoms with Crippen molar-refractivity contribution in [3.8, 4) is 0 Å². The van der Waals surface area contributed by atoms with E-state index < -0.39 is 0 Å². The number of ether oxygens (including phenoxy) is 1. The summed E-state index contributed by atoms with van der Waals surface area (Å²) in [4.78, 5) is 15.7. The van der Waals surface area contributed by atoms with E-state index in [1.165, 1.54) is 0 Å². The number of amidine groups is 1. The number of carbonyl (C=O) groups excluding carboxylic acids is 1. The third-order valence-electron chi connectivity index (χ3n) is 2.43. The standard InChI is InChI=1S/C11H20N2O2/c1-3-4-5-8-15-11(14)10-6-7-12-9(2)13-10/h10H,3-8H2,1-2H3,(H,12,13). The maximum atomic E-state index is 11.6. The first kappa shape index (κ1) is 12.0. The van der Waals surface area contributed by atoms with Crippen LogP contribution >= 0.6 is 0 Å². The lowest BCUT2D eigenvalue weighted by atomic mass is 10.2. The van der Waals surface area contributed by atoms with Gasteiger partial charge in [0.05, 0.1) is 12.4 Å². The lowest BCUT2D eigenvalue weighted by Gasteiger charge is -2.21. The van der Waals surface area contributed by atoms with Crippen LogP contribution in [0.5, 0.6) is 0 Å². The maximum absolute atomic E-state index is 11.6. The molecule has 86 valence electrons. The second-order valence-corrected chi connectivity index (χ2v) is 3.83. The van der Waals surface area contributed by atoms with Crippen molar-refractivity contribution >= 4 is 11.8 Å². The summed E-state index contributed by atoms with van der Waals surface area (Å²) in [6.45, 7) is 5.26. The van der Waals surface area contributed by atoms with Gasteiger partial charge in [0.2, 0.25) is 0 Å². The number of esters is 1. The Labute approximate surface area is 91.1 Å². The Hall–Kier alpha value is -1.06. The topological polar surface area (TPSA) is 50.7 Å². The summed E-state index contributed by atoms with van der Waals surface area (Å²) in [5, 5.41) is 3.03. The molecule has 0 saturated carbocycles. The Morgan fingerprint density at radius 1 is 1.60 bits per heavy atom. The highest BCUT2D eigenvalue weighted by Crippen LogP contribution is 2.03. The van der Waals surface area contributed by atoms with E-state index in [1.54, 1.807) is 0 Å².